The monoisotopic (exact) mass is 421 g/mol. The molecule has 0 spiro atoms. The summed E-state index contributed by atoms with van der Waals surface area (Å²) < 4.78 is 97.5. The molecule has 1 aromatic carbocycles. The number of ether oxygens (including phenoxy) is 2. The zero-order valence-electron chi connectivity index (χ0n) is 13.8. The Kier molecular flexibility index (Phi) is 6.43. The molecule has 0 saturated heterocycles. The molecule has 8 nitrogen and oxygen atoms in total. The molecule has 1 rings (SSSR count). The van der Waals surface area contributed by atoms with Crippen molar-refractivity contribution in [2.45, 2.75) is 18.0 Å². The number of carbonyl (C=O) groups excluding carboxylic acids is 1. The lowest BCUT2D eigenvalue weighted by Crippen LogP contribution is -2.58. The molecule has 1 aromatic rings. The second-order valence-electron chi connectivity index (χ2n) is 4.87. The van der Waals surface area contributed by atoms with Crippen LogP contribution in [0.5, 0.6) is 11.5 Å². The minimum absolute atomic E-state index is 0.0881. The topological polar surface area (TPSA) is 103 Å². The average molecular weight is 421 g/mol. The minimum atomic E-state index is -6.71. The number of hydrogen-bond acceptors (Lipinski definition) is 6. The van der Waals surface area contributed by atoms with Crippen LogP contribution in [0.1, 0.15) is 5.56 Å². The fourth-order valence-corrected chi connectivity index (χ4v) is 1.70. The Bertz CT molecular complexity index is 795. The van der Waals surface area contributed by atoms with Crippen LogP contribution in [0.15, 0.2) is 17.2 Å². The van der Waals surface area contributed by atoms with E-state index in [1.165, 1.54) is 0 Å². The van der Waals surface area contributed by atoms with Crippen molar-refractivity contribution in [3.8, 4) is 11.5 Å². The van der Waals surface area contributed by atoms with Gasteiger partial charge in [0.25, 0.3) is 5.69 Å². The van der Waals surface area contributed by atoms with Crippen LogP contribution >= 0.6 is 0 Å². The molecule has 0 bridgehead atoms. The van der Waals surface area contributed by atoms with E-state index in [1.807, 2.05) is 0 Å². The van der Waals surface area contributed by atoms with Gasteiger partial charge in [0.1, 0.15) is 0 Å². The maximum Gasteiger partial charge on any atom is 0.460 e. The lowest BCUT2D eigenvalue weighted by molar-refractivity contribution is -0.385. The summed E-state index contributed by atoms with van der Waals surface area (Å²) in [5.74, 6) is -16.1. The first-order valence-electron chi connectivity index (χ1n) is 6.77. The highest BCUT2D eigenvalue weighted by molar-refractivity contribution is 5.89. The number of benzene rings is 1. The molecule has 0 fully saturated rings. The average Bonchev–Trinajstić information content (AvgIpc) is 2.59. The van der Waals surface area contributed by atoms with Gasteiger partial charge in [-0.15, -0.1) is 0 Å². The normalized spacial score (nSPS) is 12.8. The highest BCUT2D eigenvalue weighted by Gasteiger charge is 2.76. The number of amides is 1. The van der Waals surface area contributed by atoms with Gasteiger partial charge in [0.15, 0.2) is 11.5 Å². The predicted octanol–water partition coefficient (Wildman–Crippen LogP) is 2.90. The first kappa shape index (κ1) is 22.9. The van der Waals surface area contributed by atoms with Crippen LogP contribution in [0.25, 0.3) is 0 Å². The molecule has 0 unspecified atom stereocenters. The third kappa shape index (κ3) is 4.23. The van der Waals surface area contributed by atoms with Gasteiger partial charge in [-0.3, -0.25) is 14.9 Å². The summed E-state index contributed by atoms with van der Waals surface area (Å²) in [5, 5.41) is 13.8. The molecule has 15 heteroatoms. The van der Waals surface area contributed by atoms with E-state index in [0.717, 1.165) is 31.8 Å². The van der Waals surface area contributed by atoms with Crippen LogP contribution in [-0.4, -0.2) is 49.3 Å². The molecule has 0 atom stereocenters. The Hall–Kier alpha value is -3.13. The van der Waals surface area contributed by atoms with Gasteiger partial charge in [-0.25, -0.2) is 5.43 Å². The number of nitro benzene ring substituents is 1. The van der Waals surface area contributed by atoms with Crippen molar-refractivity contribution in [1.82, 2.24) is 5.43 Å². The number of hydrogen-bond donors (Lipinski definition) is 1. The van der Waals surface area contributed by atoms with Crippen molar-refractivity contribution in [3.05, 3.63) is 27.8 Å². The number of carbonyl (C=O) groups is 1. The van der Waals surface area contributed by atoms with Crippen molar-refractivity contribution in [2.24, 2.45) is 5.10 Å². The van der Waals surface area contributed by atoms with Crippen LogP contribution in [0.4, 0.5) is 36.4 Å². The van der Waals surface area contributed by atoms with Crippen LogP contribution in [-0.2, 0) is 4.79 Å². The summed E-state index contributed by atoms with van der Waals surface area (Å²) >= 11 is 0. The van der Waals surface area contributed by atoms with Gasteiger partial charge < -0.3 is 9.47 Å². The minimum Gasteiger partial charge on any atom is -0.493 e. The number of nitrogens with one attached hydrogen (secondary N) is 1. The SMILES string of the molecule is COc1cc(C=NNC(=O)C(F)(F)C(F)(F)C(F)(F)F)c([N+](=O)[O-])cc1OC. The molecule has 0 saturated carbocycles. The molecule has 0 radical (unpaired) electrons. The number of rotatable bonds is 7. The summed E-state index contributed by atoms with van der Waals surface area (Å²) in [6, 6.07) is 1.77. The van der Waals surface area contributed by atoms with Crippen molar-refractivity contribution in [3.63, 3.8) is 0 Å². The lowest BCUT2D eigenvalue weighted by atomic mass is 10.1. The van der Waals surface area contributed by atoms with E-state index in [9.17, 15) is 45.6 Å². The van der Waals surface area contributed by atoms with E-state index in [0.29, 0.717) is 6.21 Å². The van der Waals surface area contributed by atoms with Gasteiger partial charge in [-0.05, 0) is 6.07 Å². The van der Waals surface area contributed by atoms with Crippen molar-refractivity contribution in [2.75, 3.05) is 14.2 Å². The maximum absolute atomic E-state index is 13.1. The second kappa shape index (κ2) is 7.85. The Balaban J connectivity index is 3.16. The quantitative estimate of drug-likeness (QED) is 0.316. The highest BCUT2D eigenvalue weighted by Crippen LogP contribution is 2.46. The van der Waals surface area contributed by atoms with E-state index in [1.54, 1.807) is 0 Å². The molecule has 0 aliphatic heterocycles. The number of nitro groups is 1. The first-order valence-corrected chi connectivity index (χ1v) is 6.77. The van der Waals surface area contributed by atoms with Crippen LogP contribution in [0.2, 0.25) is 0 Å². The number of nitrogens with zero attached hydrogens (tertiary/aromatic N) is 2. The molecule has 1 N–H and O–H groups in total. The Morgan fingerprint density at radius 3 is 2.04 bits per heavy atom. The standard InChI is InChI=1S/C13H10F7N3O5/c1-27-8-3-6(7(23(25)26)4-9(8)28-2)5-21-22-10(24)11(14,15)12(16,17)13(18,19)20/h3-5H,1-2H3,(H,22,24). The van der Waals surface area contributed by atoms with E-state index in [4.69, 9.17) is 9.47 Å². The highest BCUT2D eigenvalue weighted by atomic mass is 19.4. The fourth-order valence-electron chi connectivity index (χ4n) is 1.70. The third-order valence-corrected chi connectivity index (χ3v) is 3.13. The van der Waals surface area contributed by atoms with Crippen molar-refractivity contribution >= 4 is 17.8 Å². The van der Waals surface area contributed by atoms with Gasteiger partial charge in [0, 0.05) is 0 Å². The molecule has 0 aliphatic rings. The number of hydrazone groups is 1. The van der Waals surface area contributed by atoms with Crippen molar-refractivity contribution < 1.29 is 49.9 Å². The summed E-state index contributed by atoms with van der Waals surface area (Å²) in [5.41, 5.74) is -0.396. The smallest absolute Gasteiger partial charge is 0.460 e. The fraction of sp³-hybridized carbons (Fsp3) is 0.385. The largest absolute Gasteiger partial charge is 0.493 e. The van der Waals surface area contributed by atoms with Crippen LogP contribution in [0.3, 0.4) is 0 Å². The zero-order valence-corrected chi connectivity index (χ0v) is 13.8. The summed E-state index contributed by atoms with van der Waals surface area (Å²) in [7, 11) is 2.30. The molecule has 0 aliphatic carbocycles. The Morgan fingerprint density at radius 1 is 1.11 bits per heavy atom. The summed E-state index contributed by atoms with van der Waals surface area (Å²) in [4.78, 5) is 21.1. The Labute approximate surface area is 151 Å². The van der Waals surface area contributed by atoms with Crippen LogP contribution < -0.4 is 14.9 Å². The Morgan fingerprint density at radius 2 is 1.61 bits per heavy atom. The molecule has 0 aromatic heterocycles. The summed E-state index contributed by atoms with van der Waals surface area (Å²) in [6.45, 7) is 0. The first-order chi connectivity index (χ1) is 12.7. The predicted molar refractivity (Wildman–Crippen MR) is 77.9 cm³/mol. The van der Waals surface area contributed by atoms with Gasteiger partial charge in [0.05, 0.1) is 37.0 Å². The molecular weight excluding hydrogens is 411 g/mol. The number of halogens is 7. The van der Waals surface area contributed by atoms with Crippen LogP contribution in [0, 0.1) is 10.1 Å². The molecule has 156 valence electrons. The summed E-state index contributed by atoms with van der Waals surface area (Å²) in [6.07, 6.45) is -6.33. The van der Waals surface area contributed by atoms with E-state index >= 15 is 0 Å². The number of methoxy groups -OCH3 is 2. The lowest BCUT2D eigenvalue weighted by Gasteiger charge is -2.26. The van der Waals surface area contributed by atoms with Crippen molar-refractivity contribution in [1.29, 1.82) is 0 Å². The van der Waals surface area contributed by atoms with Gasteiger partial charge in [-0.2, -0.15) is 35.8 Å². The molecule has 0 heterocycles. The molecule has 28 heavy (non-hydrogen) atoms. The molecule has 1 amide bonds. The van der Waals surface area contributed by atoms with Gasteiger partial charge in [0.2, 0.25) is 0 Å². The second-order valence-corrected chi connectivity index (χ2v) is 4.87. The van der Waals surface area contributed by atoms with E-state index in [-0.39, 0.29) is 11.5 Å². The van der Waals surface area contributed by atoms with Gasteiger partial charge >= 0.3 is 23.9 Å². The third-order valence-electron chi connectivity index (χ3n) is 3.13. The van der Waals surface area contributed by atoms with E-state index in [2.05, 4.69) is 5.10 Å². The maximum atomic E-state index is 13.1. The van der Waals surface area contributed by atoms with E-state index < -0.39 is 40.1 Å². The molecular formula is C13H10F7N3O5. The number of alkyl halides is 7. The zero-order chi connectivity index (χ0) is 21.9. The van der Waals surface area contributed by atoms with Gasteiger partial charge in [-0.1, -0.05) is 0 Å².